The number of nitriles is 1. The van der Waals surface area contributed by atoms with Gasteiger partial charge >= 0.3 is 0 Å². The standard InChI is InChI=1S/C14H9BrN2OS/c15-12-6-5-10(19)7-11(12)14(18)17-13-4-2-1-3-9(13)8-16/h1-7,19H,(H,17,18). The molecule has 0 spiro atoms. The summed E-state index contributed by atoms with van der Waals surface area (Å²) in [6, 6.07) is 14.1. The number of amides is 1. The summed E-state index contributed by atoms with van der Waals surface area (Å²) in [6.45, 7) is 0. The van der Waals surface area contributed by atoms with Crippen molar-refractivity contribution in [3.05, 3.63) is 58.1 Å². The Morgan fingerprint density at radius 2 is 2.00 bits per heavy atom. The summed E-state index contributed by atoms with van der Waals surface area (Å²) in [6.07, 6.45) is 0. The SMILES string of the molecule is N#Cc1ccccc1NC(=O)c1cc(S)ccc1Br. The minimum absolute atomic E-state index is 0.287. The van der Waals surface area contributed by atoms with Crippen molar-refractivity contribution >= 4 is 40.2 Å². The summed E-state index contributed by atoms with van der Waals surface area (Å²) < 4.78 is 0.678. The molecule has 0 saturated heterocycles. The highest BCUT2D eigenvalue weighted by Crippen LogP contribution is 2.22. The molecule has 19 heavy (non-hydrogen) atoms. The van der Waals surface area contributed by atoms with Crippen LogP contribution in [0, 0.1) is 11.3 Å². The van der Waals surface area contributed by atoms with Crippen molar-refractivity contribution in [2.45, 2.75) is 4.90 Å². The lowest BCUT2D eigenvalue weighted by atomic mass is 10.1. The summed E-state index contributed by atoms with van der Waals surface area (Å²) in [5.74, 6) is -0.287. The van der Waals surface area contributed by atoms with Crippen LogP contribution in [-0.2, 0) is 0 Å². The summed E-state index contributed by atoms with van der Waals surface area (Å²) in [4.78, 5) is 12.9. The van der Waals surface area contributed by atoms with Gasteiger partial charge in [-0.25, -0.2) is 0 Å². The van der Waals surface area contributed by atoms with Crippen molar-refractivity contribution in [2.24, 2.45) is 0 Å². The number of benzene rings is 2. The Labute approximate surface area is 124 Å². The molecule has 0 aliphatic heterocycles. The second-order valence-corrected chi connectivity index (χ2v) is 5.15. The van der Waals surface area contributed by atoms with E-state index in [0.717, 1.165) is 0 Å². The van der Waals surface area contributed by atoms with Crippen LogP contribution in [0.2, 0.25) is 0 Å². The van der Waals surface area contributed by atoms with Gasteiger partial charge in [0, 0.05) is 9.37 Å². The van der Waals surface area contributed by atoms with Crippen molar-refractivity contribution in [3.8, 4) is 6.07 Å². The Hall–Kier alpha value is -1.77. The van der Waals surface area contributed by atoms with E-state index < -0.39 is 0 Å². The number of rotatable bonds is 2. The largest absolute Gasteiger partial charge is 0.321 e. The van der Waals surface area contributed by atoms with Crippen LogP contribution in [0.1, 0.15) is 15.9 Å². The molecule has 0 radical (unpaired) electrons. The molecule has 3 nitrogen and oxygen atoms in total. The van der Waals surface area contributed by atoms with Crippen molar-refractivity contribution in [1.82, 2.24) is 0 Å². The topological polar surface area (TPSA) is 52.9 Å². The first-order valence-electron chi connectivity index (χ1n) is 5.41. The van der Waals surface area contributed by atoms with Crippen LogP contribution in [0.3, 0.4) is 0 Å². The molecule has 2 aromatic carbocycles. The van der Waals surface area contributed by atoms with Gasteiger partial charge < -0.3 is 5.32 Å². The van der Waals surface area contributed by atoms with Crippen molar-refractivity contribution in [3.63, 3.8) is 0 Å². The fraction of sp³-hybridized carbons (Fsp3) is 0. The molecule has 1 N–H and O–H groups in total. The third-order valence-corrected chi connectivity index (χ3v) is 3.46. The summed E-state index contributed by atoms with van der Waals surface area (Å²) in [5.41, 5.74) is 1.39. The molecule has 0 aromatic heterocycles. The molecule has 94 valence electrons. The molecule has 5 heteroatoms. The van der Waals surface area contributed by atoms with Gasteiger partial charge in [0.15, 0.2) is 0 Å². The third kappa shape index (κ3) is 3.16. The van der Waals surface area contributed by atoms with Crippen LogP contribution in [0.5, 0.6) is 0 Å². The second kappa shape index (κ2) is 5.91. The molecule has 0 bridgehead atoms. The Balaban J connectivity index is 2.31. The van der Waals surface area contributed by atoms with E-state index in [2.05, 4.69) is 33.9 Å². The van der Waals surface area contributed by atoms with Crippen LogP contribution in [-0.4, -0.2) is 5.91 Å². The molecule has 1 amide bonds. The maximum absolute atomic E-state index is 12.2. The summed E-state index contributed by atoms with van der Waals surface area (Å²) >= 11 is 7.53. The second-order valence-electron chi connectivity index (χ2n) is 3.78. The Morgan fingerprint density at radius 3 is 2.74 bits per heavy atom. The number of thiol groups is 1. The number of hydrogen-bond acceptors (Lipinski definition) is 3. The average Bonchev–Trinajstić information content (AvgIpc) is 2.42. The van der Waals surface area contributed by atoms with Crippen molar-refractivity contribution in [2.75, 3.05) is 5.32 Å². The molecule has 2 rings (SSSR count). The van der Waals surface area contributed by atoms with Crippen LogP contribution < -0.4 is 5.32 Å². The van der Waals surface area contributed by atoms with Gasteiger partial charge in [0.25, 0.3) is 5.91 Å². The number of nitrogens with zero attached hydrogens (tertiary/aromatic N) is 1. The minimum atomic E-state index is -0.287. The van der Waals surface area contributed by atoms with E-state index in [1.165, 1.54) is 0 Å². The maximum Gasteiger partial charge on any atom is 0.256 e. The molecule has 0 aliphatic rings. The number of para-hydroxylation sites is 1. The van der Waals surface area contributed by atoms with E-state index in [1.54, 1.807) is 42.5 Å². The Morgan fingerprint density at radius 1 is 1.26 bits per heavy atom. The minimum Gasteiger partial charge on any atom is -0.321 e. The van der Waals surface area contributed by atoms with Gasteiger partial charge in [0.2, 0.25) is 0 Å². The monoisotopic (exact) mass is 332 g/mol. The number of halogens is 1. The van der Waals surface area contributed by atoms with Crippen molar-refractivity contribution < 1.29 is 4.79 Å². The highest BCUT2D eigenvalue weighted by Gasteiger charge is 2.12. The first kappa shape index (κ1) is 13.7. The Bertz CT molecular complexity index is 679. The van der Waals surface area contributed by atoms with E-state index in [9.17, 15) is 4.79 Å². The molecule has 0 saturated carbocycles. The molecule has 0 aliphatic carbocycles. The fourth-order valence-corrected chi connectivity index (χ4v) is 2.20. The van der Waals surface area contributed by atoms with E-state index in [4.69, 9.17) is 5.26 Å². The van der Waals surface area contributed by atoms with Crippen LogP contribution in [0.25, 0.3) is 0 Å². The highest BCUT2D eigenvalue weighted by atomic mass is 79.9. The number of hydrogen-bond donors (Lipinski definition) is 2. The molecular weight excluding hydrogens is 324 g/mol. The lowest BCUT2D eigenvalue weighted by Crippen LogP contribution is -2.13. The van der Waals surface area contributed by atoms with Gasteiger partial charge in [-0.15, -0.1) is 12.6 Å². The third-order valence-electron chi connectivity index (χ3n) is 2.49. The van der Waals surface area contributed by atoms with E-state index in [1.807, 2.05) is 6.07 Å². The van der Waals surface area contributed by atoms with Crippen LogP contribution >= 0.6 is 28.6 Å². The molecule has 0 unspecified atom stereocenters. The maximum atomic E-state index is 12.2. The number of carbonyl (C=O) groups is 1. The molecule has 0 heterocycles. The van der Waals surface area contributed by atoms with Crippen molar-refractivity contribution in [1.29, 1.82) is 5.26 Å². The predicted molar refractivity (Wildman–Crippen MR) is 80.5 cm³/mol. The normalized spacial score (nSPS) is 9.74. The van der Waals surface area contributed by atoms with Gasteiger partial charge in [-0.3, -0.25) is 4.79 Å². The van der Waals surface area contributed by atoms with E-state index >= 15 is 0 Å². The fourth-order valence-electron chi connectivity index (χ4n) is 1.57. The van der Waals surface area contributed by atoms with Gasteiger partial charge in [-0.05, 0) is 46.3 Å². The van der Waals surface area contributed by atoms with Gasteiger partial charge in [0.05, 0.1) is 16.8 Å². The molecule has 0 atom stereocenters. The first-order chi connectivity index (χ1) is 9.11. The number of nitrogens with one attached hydrogen (secondary N) is 1. The summed E-state index contributed by atoms with van der Waals surface area (Å²) in [7, 11) is 0. The van der Waals surface area contributed by atoms with E-state index in [-0.39, 0.29) is 5.91 Å². The van der Waals surface area contributed by atoms with Gasteiger partial charge in [0.1, 0.15) is 6.07 Å². The Kier molecular flexibility index (Phi) is 4.25. The zero-order chi connectivity index (χ0) is 13.8. The van der Waals surface area contributed by atoms with Crippen LogP contribution in [0.4, 0.5) is 5.69 Å². The van der Waals surface area contributed by atoms with Gasteiger partial charge in [-0.2, -0.15) is 5.26 Å². The lowest BCUT2D eigenvalue weighted by molar-refractivity contribution is 0.102. The molecule has 0 fully saturated rings. The van der Waals surface area contributed by atoms with Crippen LogP contribution in [0.15, 0.2) is 51.8 Å². The predicted octanol–water partition coefficient (Wildman–Crippen LogP) is 3.86. The smallest absolute Gasteiger partial charge is 0.256 e. The van der Waals surface area contributed by atoms with Gasteiger partial charge in [-0.1, -0.05) is 12.1 Å². The number of carbonyl (C=O) groups excluding carboxylic acids is 1. The summed E-state index contributed by atoms with van der Waals surface area (Å²) in [5, 5.41) is 11.7. The number of anilines is 1. The zero-order valence-corrected chi connectivity index (χ0v) is 12.2. The average molecular weight is 333 g/mol. The molecular formula is C14H9BrN2OS. The highest BCUT2D eigenvalue weighted by molar-refractivity contribution is 9.10. The van der Waals surface area contributed by atoms with E-state index in [0.29, 0.717) is 26.2 Å². The molecule has 2 aromatic rings. The lowest BCUT2D eigenvalue weighted by Gasteiger charge is -2.08. The zero-order valence-electron chi connectivity index (χ0n) is 9.72. The quantitative estimate of drug-likeness (QED) is 0.820. The first-order valence-corrected chi connectivity index (χ1v) is 6.65.